The van der Waals surface area contributed by atoms with Gasteiger partial charge in [0.15, 0.2) is 5.82 Å². The minimum Gasteiger partial charge on any atom is -0.461 e. The number of aromatic nitrogens is 5. The van der Waals surface area contributed by atoms with Crippen molar-refractivity contribution in [2.24, 2.45) is 0 Å². The standard InChI is InChI=1S/C29H30F3N7O/c1-16-9-22-20(12-34-37-22)23(17(16)2)26-24(32)25-21(11-33-26)27(38-7-3-5-18(30)13-38)36-28(35-25)40-15-29-6-4-8-39(29)14-19(31)10-29/h5,9,11-12,19H,3-4,6-8,10,13-15H2,1-2H3,(H,34,37). The second kappa shape index (κ2) is 9.43. The lowest BCUT2D eigenvalue weighted by atomic mass is 9.95. The number of fused-ring (bicyclic) bond motifs is 3. The lowest BCUT2D eigenvalue weighted by molar-refractivity contribution is 0.107. The second-order valence-corrected chi connectivity index (χ2v) is 11.3. The molecule has 2 fully saturated rings. The second-order valence-electron chi connectivity index (χ2n) is 11.3. The number of nitrogens with zero attached hydrogens (tertiary/aromatic N) is 6. The van der Waals surface area contributed by atoms with E-state index in [0.29, 0.717) is 42.7 Å². The molecule has 4 aromatic rings. The number of aromatic amines is 1. The number of hydrogen-bond acceptors (Lipinski definition) is 7. The van der Waals surface area contributed by atoms with Crippen molar-refractivity contribution < 1.29 is 17.9 Å². The van der Waals surface area contributed by atoms with Gasteiger partial charge in [-0.25, -0.2) is 13.2 Å². The molecule has 11 heteroatoms. The van der Waals surface area contributed by atoms with Gasteiger partial charge in [0.1, 0.15) is 35.6 Å². The van der Waals surface area contributed by atoms with Gasteiger partial charge >= 0.3 is 6.01 Å². The van der Waals surface area contributed by atoms with Gasteiger partial charge in [-0.05, 0) is 62.9 Å². The molecule has 2 unspecified atom stereocenters. The number of ether oxygens (including phenoxy) is 1. The van der Waals surface area contributed by atoms with Crippen LogP contribution in [0.1, 0.15) is 36.8 Å². The molecule has 0 radical (unpaired) electrons. The van der Waals surface area contributed by atoms with E-state index in [1.54, 1.807) is 23.4 Å². The van der Waals surface area contributed by atoms with E-state index in [4.69, 9.17) is 4.74 Å². The maximum absolute atomic E-state index is 16.5. The lowest BCUT2D eigenvalue weighted by Gasteiger charge is -2.31. The van der Waals surface area contributed by atoms with Gasteiger partial charge < -0.3 is 9.64 Å². The third-order valence-electron chi connectivity index (χ3n) is 8.78. The van der Waals surface area contributed by atoms with Crippen molar-refractivity contribution in [3.05, 3.63) is 47.3 Å². The number of rotatable bonds is 5. The van der Waals surface area contributed by atoms with Gasteiger partial charge in [0, 0.05) is 36.7 Å². The Bertz CT molecular complexity index is 1670. The predicted octanol–water partition coefficient (Wildman–Crippen LogP) is 5.34. The van der Waals surface area contributed by atoms with Crippen LogP contribution in [0.3, 0.4) is 0 Å². The molecule has 208 valence electrons. The van der Waals surface area contributed by atoms with Crippen molar-refractivity contribution in [3.8, 4) is 17.3 Å². The maximum Gasteiger partial charge on any atom is 0.319 e. The third kappa shape index (κ3) is 4.01. The number of alkyl halides is 1. The highest BCUT2D eigenvalue weighted by Crippen LogP contribution is 2.41. The molecule has 3 aliphatic heterocycles. The minimum absolute atomic E-state index is 0.00790. The maximum atomic E-state index is 16.5. The van der Waals surface area contributed by atoms with Gasteiger partial charge in [-0.15, -0.1) is 0 Å². The van der Waals surface area contributed by atoms with Crippen LogP contribution in [0.5, 0.6) is 6.01 Å². The summed E-state index contributed by atoms with van der Waals surface area (Å²) in [6.07, 6.45) is 6.56. The van der Waals surface area contributed by atoms with E-state index in [2.05, 4.69) is 30.0 Å². The summed E-state index contributed by atoms with van der Waals surface area (Å²) in [5, 5.41) is 8.24. The number of nitrogens with one attached hydrogen (secondary N) is 1. The fraction of sp³-hybridized carbons (Fsp3) is 0.448. The molecular formula is C29H30F3N7O. The Kier molecular flexibility index (Phi) is 5.95. The molecule has 1 aromatic carbocycles. The first kappa shape index (κ1) is 25.3. The summed E-state index contributed by atoms with van der Waals surface area (Å²) in [5.74, 6) is -0.518. The topological polar surface area (TPSA) is 83.1 Å². The zero-order valence-electron chi connectivity index (χ0n) is 22.5. The lowest BCUT2D eigenvalue weighted by Crippen LogP contribution is -2.43. The van der Waals surface area contributed by atoms with E-state index in [0.717, 1.165) is 41.4 Å². The van der Waals surface area contributed by atoms with Crippen molar-refractivity contribution in [2.45, 2.75) is 51.2 Å². The van der Waals surface area contributed by atoms with Crippen molar-refractivity contribution in [1.29, 1.82) is 0 Å². The first-order valence-corrected chi connectivity index (χ1v) is 13.7. The highest BCUT2D eigenvalue weighted by Gasteiger charge is 2.49. The molecule has 0 bridgehead atoms. The molecular weight excluding hydrogens is 519 g/mol. The fourth-order valence-corrected chi connectivity index (χ4v) is 6.67. The van der Waals surface area contributed by atoms with Crippen LogP contribution in [0.2, 0.25) is 0 Å². The quantitative estimate of drug-likeness (QED) is 0.360. The van der Waals surface area contributed by atoms with E-state index in [1.807, 2.05) is 19.9 Å². The van der Waals surface area contributed by atoms with E-state index in [-0.39, 0.29) is 36.2 Å². The average molecular weight is 550 g/mol. The summed E-state index contributed by atoms with van der Waals surface area (Å²) in [7, 11) is 0. The first-order chi connectivity index (χ1) is 19.3. The zero-order chi connectivity index (χ0) is 27.6. The number of hydrogen-bond donors (Lipinski definition) is 1. The number of halogens is 3. The molecule has 40 heavy (non-hydrogen) atoms. The van der Waals surface area contributed by atoms with Gasteiger partial charge in [-0.3, -0.25) is 15.0 Å². The van der Waals surface area contributed by atoms with Crippen LogP contribution >= 0.6 is 0 Å². The number of H-pyrrole nitrogens is 1. The number of anilines is 1. The molecule has 8 nitrogen and oxygen atoms in total. The number of benzene rings is 1. The number of pyridine rings is 1. The molecule has 0 aliphatic carbocycles. The van der Waals surface area contributed by atoms with Gasteiger partial charge in [0.25, 0.3) is 0 Å². The van der Waals surface area contributed by atoms with Crippen LogP contribution in [0.25, 0.3) is 33.1 Å². The van der Waals surface area contributed by atoms with Crippen molar-refractivity contribution in [1.82, 2.24) is 30.0 Å². The first-order valence-electron chi connectivity index (χ1n) is 13.7. The summed E-state index contributed by atoms with van der Waals surface area (Å²) < 4.78 is 51.3. The van der Waals surface area contributed by atoms with Crippen LogP contribution in [-0.2, 0) is 0 Å². The highest BCUT2D eigenvalue weighted by molar-refractivity contribution is 5.99. The Hall–Kier alpha value is -3.73. The van der Waals surface area contributed by atoms with Gasteiger partial charge in [0.2, 0.25) is 0 Å². The third-order valence-corrected chi connectivity index (χ3v) is 8.78. The molecule has 0 saturated carbocycles. The Morgan fingerprint density at radius 3 is 2.88 bits per heavy atom. The predicted molar refractivity (Wildman–Crippen MR) is 146 cm³/mol. The molecule has 6 heterocycles. The van der Waals surface area contributed by atoms with Crippen molar-refractivity contribution in [2.75, 3.05) is 37.7 Å². The molecule has 2 atom stereocenters. The Balaban J connectivity index is 1.36. The van der Waals surface area contributed by atoms with Gasteiger partial charge in [-0.2, -0.15) is 15.1 Å². The molecule has 0 amide bonds. The average Bonchev–Trinajstić information content (AvgIpc) is 3.63. The summed E-state index contributed by atoms with van der Waals surface area (Å²) in [4.78, 5) is 17.6. The summed E-state index contributed by atoms with van der Waals surface area (Å²) in [5.41, 5.74) is 3.06. The fourth-order valence-electron chi connectivity index (χ4n) is 6.67. The van der Waals surface area contributed by atoms with E-state index < -0.39 is 17.5 Å². The van der Waals surface area contributed by atoms with Gasteiger partial charge in [-0.1, -0.05) is 0 Å². The normalized spacial score (nSPS) is 23.3. The molecule has 1 N–H and O–H groups in total. The smallest absolute Gasteiger partial charge is 0.319 e. The molecule has 0 spiro atoms. The van der Waals surface area contributed by atoms with Crippen LogP contribution in [0, 0.1) is 19.7 Å². The van der Waals surface area contributed by atoms with Crippen LogP contribution in [-0.4, -0.2) is 74.5 Å². The monoisotopic (exact) mass is 549 g/mol. The van der Waals surface area contributed by atoms with Crippen LogP contribution in [0.15, 0.2) is 30.4 Å². The Morgan fingerprint density at radius 1 is 1.15 bits per heavy atom. The number of aryl methyl sites for hydroxylation is 1. The molecule has 3 aromatic heterocycles. The molecule has 3 aliphatic rings. The molecule has 2 saturated heterocycles. The van der Waals surface area contributed by atoms with Crippen molar-refractivity contribution >= 4 is 27.6 Å². The summed E-state index contributed by atoms with van der Waals surface area (Å²) >= 11 is 0. The SMILES string of the molecule is Cc1cc2[nH]ncc2c(-c2ncc3c(N4CCC=C(F)C4)nc(OCC45CCCN4CC(F)C5)nc3c2F)c1C. The summed E-state index contributed by atoms with van der Waals surface area (Å²) in [6, 6.07) is 1.97. The van der Waals surface area contributed by atoms with E-state index >= 15 is 4.39 Å². The minimum atomic E-state index is -0.900. The van der Waals surface area contributed by atoms with Gasteiger partial charge in [0.05, 0.1) is 29.2 Å². The Morgan fingerprint density at radius 2 is 2.02 bits per heavy atom. The highest BCUT2D eigenvalue weighted by atomic mass is 19.1. The van der Waals surface area contributed by atoms with Crippen LogP contribution < -0.4 is 9.64 Å². The van der Waals surface area contributed by atoms with Crippen molar-refractivity contribution in [3.63, 3.8) is 0 Å². The van der Waals surface area contributed by atoms with E-state index in [9.17, 15) is 8.78 Å². The Labute approximate surface area is 229 Å². The van der Waals surface area contributed by atoms with E-state index in [1.165, 1.54) is 0 Å². The van der Waals surface area contributed by atoms with Crippen LogP contribution in [0.4, 0.5) is 19.0 Å². The zero-order valence-corrected chi connectivity index (χ0v) is 22.5. The molecule has 7 rings (SSSR count). The largest absolute Gasteiger partial charge is 0.461 e. The summed E-state index contributed by atoms with van der Waals surface area (Å²) in [6.45, 7) is 5.85.